The number of nitrogens with one attached hydrogen (secondary N) is 1. The number of carbonyl (C=O) groups is 1. The molecule has 0 aliphatic rings. The van der Waals surface area contributed by atoms with Crippen molar-refractivity contribution < 1.29 is 18.0 Å². The smallest absolute Gasteiger partial charge is 0.358 e. The van der Waals surface area contributed by atoms with E-state index in [1.54, 1.807) is 0 Å². The van der Waals surface area contributed by atoms with Gasteiger partial charge in [0.25, 0.3) is 0 Å². The van der Waals surface area contributed by atoms with Gasteiger partial charge in [-0.3, -0.25) is 4.79 Å². The molecule has 0 bridgehead atoms. The van der Waals surface area contributed by atoms with Crippen LogP contribution >= 0.6 is 11.8 Å². The number of pyridine rings is 1. The summed E-state index contributed by atoms with van der Waals surface area (Å²) in [6, 6.07) is 2.33. The molecule has 0 aromatic carbocycles. The Bertz CT molecular complexity index is 537. The Kier molecular flexibility index (Phi) is 4.78. The first-order chi connectivity index (χ1) is 8.79. The number of nitrogens with zero attached hydrogens (tertiary/aromatic N) is 2. The SMILES string of the molecule is CNC(=O)CSc1nc(C)cc(C(F)(F)F)c1C#N. The Hall–Kier alpha value is -1.75. The van der Waals surface area contributed by atoms with E-state index in [-0.39, 0.29) is 22.4 Å². The van der Waals surface area contributed by atoms with Crippen molar-refractivity contribution in [2.75, 3.05) is 12.8 Å². The van der Waals surface area contributed by atoms with Gasteiger partial charge in [0, 0.05) is 12.7 Å². The molecule has 4 nitrogen and oxygen atoms in total. The molecule has 0 spiro atoms. The van der Waals surface area contributed by atoms with Gasteiger partial charge in [-0.2, -0.15) is 18.4 Å². The van der Waals surface area contributed by atoms with Crippen LogP contribution in [0.25, 0.3) is 0 Å². The largest absolute Gasteiger partial charge is 0.417 e. The van der Waals surface area contributed by atoms with E-state index in [1.165, 1.54) is 20.0 Å². The third-order valence-electron chi connectivity index (χ3n) is 2.15. The maximum Gasteiger partial charge on any atom is 0.417 e. The second-order valence-corrected chi connectivity index (χ2v) is 4.53. The van der Waals surface area contributed by atoms with E-state index in [0.29, 0.717) is 0 Å². The van der Waals surface area contributed by atoms with Crippen molar-refractivity contribution in [3.8, 4) is 6.07 Å². The van der Waals surface area contributed by atoms with Crippen LogP contribution in [0.4, 0.5) is 13.2 Å². The predicted octanol–water partition coefficient (Wildman–Crippen LogP) is 2.12. The van der Waals surface area contributed by atoms with Crippen molar-refractivity contribution in [2.24, 2.45) is 0 Å². The minimum Gasteiger partial charge on any atom is -0.358 e. The Morgan fingerprint density at radius 1 is 1.58 bits per heavy atom. The fraction of sp³-hybridized carbons (Fsp3) is 0.364. The molecule has 1 heterocycles. The van der Waals surface area contributed by atoms with Gasteiger partial charge in [-0.1, -0.05) is 11.8 Å². The number of carbonyl (C=O) groups excluding carboxylic acids is 1. The first-order valence-corrected chi connectivity index (χ1v) is 6.10. The average Bonchev–Trinajstić information content (AvgIpc) is 2.34. The first kappa shape index (κ1) is 15.3. The third kappa shape index (κ3) is 3.86. The highest BCUT2D eigenvalue weighted by Crippen LogP contribution is 2.35. The lowest BCUT2D eigenvalue weighted by atomic mass is 10.1. The number of thioether (sulfide) groups is 1. The normalized spacial score (nSPS) is 10.9. The summed E-state index contributed by atoms with van der Waals surface area (Å²) in [4.78, 5) is 15.0. The van der Waals surface area contributed by atoms with Crippen LogP contribution in [0.15, 0.2) is 11.1 Å². The van der Waals surface area contributed by atoms with Crippen LogP contribution in [0, 0.1) is 18.3 Å². The minimum atomic E-state index is -4.62. The van der Waals surface area contributed by atoms with E-state index in [9.17, 15) is 18.0 Å². The molecule has 8 heteroatoms. The van der Waals surface area contributed by atoms with Gasteiger partial charge in [0.2, 0.25) is 5.91 Å². The molecule has 0 atom stereocenters. The van der Waals surface area contributed by atoms with Crippen molar-refractivity contribution in [1.29, 1.82) is 5.26 Å². The van der Waals surface area contributed by atoms with Crippen LogP contribution in [0.5, 0.6) is 0 Å². The Balaban J connectivity index is 3.21. The van der Waals surface area contributed by atoms with E-state index in [0.717, 1.165) is 17.8 Å². The van der Waals surface area contributed by atoms with E-state index in [4.69, 9.17) is 5.26 Å². The lowest BCUT2D eigenvalue weighted by Crippen LogP contribution is -2.20. The molecule has 0 aliphatic heterocycles. The zero-order chi connectivity index (χ0) is 14.6. The van der Waals surface area contributed by atoms with Crippen LogP contribution in [0.2, 0.25) is 0 Å². The van der Waals surface area contributed by atoms with Gasteiger partial charge in [0.1, 0.15) is 11.1 Å². The molecule has 19 heavy (non-hydrogen) atoms. The van der Waals surface area contributed by atoms with Crippen molar-refractivity contribution in [3.63, 3.8) is 0 Å². The molecule has 0 unspecified atom stereocenters. The van der Waals surface area contributed by atoms with E-state index >= 15 is 0 Å². The van der Waals surface area contributed by atoms with Crippen LogP contribution in [-0.4, -0.2) is 23.7 Å². The number of alkyl halides is 3. The monoisotopic (exact) mass is 289 g/mol. The molecule has 1 aromatic rings. The summed E-state index contributed by atoms with van der Waals surface area (Å²) in [5.41, 5.74) is -1.43. The number of rotatable bonds is 3. The lowest BCUT2D eigenvalue weighted by molar-refractivity contribution is -0.138. The molecule has 0 saturated carbocycles. The Morgan fingerprint density at radius 3 is 2.68 bits per heavy atom. The number of halogens is 3. The molecule has 0 saturated heterocycles. The van der Waals surface area contributed by atoms with Crippen molar-refractivity contribution >= 4 is 17.7 Å². The minimum absolute atomic E-state index is 0.0848. The zero-order valence-corrected chi connectivity index (χ0v) is 10.9. The van der Waals surface area contributed by atoms with Crippen LogP contribution in [-0.2, 0) is 11.0 Å². The summed E-state index contributed by atoms with van der Waals surface area (Å²) in [5.74, 6) is -0.454. The molecule has 0 aliphatic carbocycles. The molecule has 102 valence electrons. The summed E-state index contributed by atoms with van der Waals surface area (Å²) in [6.45, 7) is 1.40. The third-order valence-corrected chi connectivity index (χ3v) is 3.13. The summed E-state index contributed by atoms with van der Waals surface area (Å²) >= 11 is 0.803. The molecule has 1 rings (SSSR count). The van der Waals surface area contributed by atoms with Gasteiger partial charge >= 0.3 is 6.18 Å². The van der Waals surface area contributed by atoms with E-state index in [2.05, 4.69) is 10.3 Å². The van der Waals surface area contributed by atoms with Crippen molar-refractivity contribution in [1.82, 2.24) is 10.3 Å². The molecular formula is C11H10F3N3OS. The second kappa shape index (κ2) is 5.93. The molecule has 1 aromatic heterocycles. The highest BCUT2D eigenvalue weighted by molar-refractivity contribution is 8.00. The molecule has 0 fully saturated rings. The lowest BCUT2D eigenvalue weighted by Gasteiger charge is -2.12. The van der Waals surface area contributed by atoms with Crippen LogP contribution < -0.4 is 5.32 Å². The van der Waals surface area contributed by atoms with Crippen molar-refractivity contribution in [3.05, 3.63) is 22.9 Å². The van der Waals surface area contributed by atoms with E-state index < -0.39 is 17.3 Å². The molecular weight excluding hydrogens is 279 g/mol. The van der Waals surface area contributed by atoms with Gasteiger partial charge in [-0.25, -0.2) is 4.98 Å². The highest BCUT2D eigenvalue weighted by atomic mass is 32.2. The zero-order valence-electron chi connectivity index (χ0n) is 10.1. The van der Waals surface area contributed by atoms with Crippen molar-refractivity contribution in [2.45, 2.75) is 18.1 Å². The van der Waals surface area contributed by atoms with Gasteiger partial charge in [-0.15, -0.1) is 0 Å². The van der Waals surface area contributed by atoms with Gasteiger partial charge in [0.05, 0.1) is 16.9 Å². The summed E-state index contributed by atoms with van der Waals surface area (Å²) in [6.07, 6.45) is -4.62. The molecule has 0 radical (unpaired) electrons. The van der Waals surface area contributed by atoms with Crippen LogP contribution in [0.1, 0.15) is 16.8 Å². The number of amides is 1. The maximum absolute atomic E-state index is 12.8. The summed E-state index contributed by atoms with van der Waals surface area (Å²) < 4.78 is 38.4. The van der Waals surface area contributed by atoms with Gasteiger partial charge in [0.15, 0.2) is 0 Å². The maximum atomic E-state index is 12.8. The Morgan fingerprint density at radius 2 is 2.21 bits per heavy atom. The quantitative estimate of drug-likeness (QED) is 0.866. The molecule has 1 N–H and O–H groups in total. The number of aryl methyl sites for hydroxylation is 1. The Labute approximate surface area is 112 Å². The van der Waals surface area contributed by atoms with E-state index in [1.807, 2.05) is 0 Å². The first-order valence-electron chi connectivity index (χ1n) is 5.12. The van der Waals surface area contributed by atoms with Gasteiger partial charge < -0.3 is 5.32 Å². The number of hydrogen-bond donors (Lipinski definition) is 1. The number of hydrogen-bond acceptors (Lipinski definition) is 4. The average molecular weight is 289 g/mol. The van der Waals surface area contributed by atoms with Crippen LogP contribution in [0.3, 0.4) is 0 Å². The fourth-order valence-electron chi connectivity index (χ4n) is 1.29. The predicted molar refractivity (Wildman–Crippen MR) is 63.5 cm³/mol. The second-order valence-electron chi connectivity index (χ2n) is 3.56. The molecule has 1 amide bonds. The topological polar surface area (TPSA) is 65.8 Å². The fourth-order valence-corrected chi connectivity index (χ4v) is 2.21. The van der Waals surface area contributed by atoms with Gasteiger partial charge in [-0.05, 0) is 13.0 Å². The summed E-state index contributed by atoms with van der Waals surface area (Å²) in [7, 11) is 1.42. The number of aromatic nitrogens is 1. The highest BCUT2D eigenvalue weighted by Gasteiger charge is 2.35. The number of nitriles is 1. The summed E-state index contributed by atoms with van der Waals surface area (Å²) in [5, 5.41) is 11.1. The standard InChI is InChI=1S/C11H10F3N3OS/c1-6-3-8(11(12,13)14)7(4-15)10(17-6)19-5-9(18)16-2/h3H,5H2,1-2H3,(H,16,18).